The van der Waals surface area contributed by atoms with Crippen LogP contribution in [0.5, 0.6) is 0 Å². The molecule has 0 radical (unpaired) electrons. The average Bonchev–Trinajstić information content (AvgIpc) is 2.15. The van der Waals surface area contributed by atoms with Crippen LogP contribution in [0.4, 0.5) is 0 Å². The minimum Gasteiger partial charge on any atom is -0.389 e. The number of allylic oxidation sites excluding steroid dienone is 1. The van der Waals surface area contributed by atoms with Crippen LogP contribution >= 0.6 is 28.1 Å². The molecule has 3 heteroatoms. The Morgan fingerprint density at radius 3 is 2.46 bits per heavy atom. The fraction of sp³-hybridized carbons (Fsp3) is 0.100. The van der Waals surface area contributed by atoms with Gasteiger partial charge in [0.1, 0.15) is 4.99 Å². The van der Waals surface area contributed by atoms with Gasteiger partial charge in [0.15, 0.2) is 0 Å². The predicted molar refractivity (Wildman–Crippen MR) is 65.2 cm³/mol. The lowest BCUT2D eigenvalue weighted by Gasteiger charge is -1.97. The zero-order chi connectivity index (χ0) is 9.68. The summed E-state index contributed by atoms with van der Waals surface area (Å²) in [5.41, 5.74) is 7.53. The first-order valence-electron chi connectivity index (χ1n) is 3.86. The number of rotatable bonds is 3. The number of nitrogens with two attached hydrogens (primary N) is 1. The molecule has 13 heavy (non-hydrogen) atoms. The molecular formula is C10H10BrNS. The Hall–Kier alpha value is -0.670. The molecule has 0 atom stereocenters. The summed E-state index contributed by atoms with van der Waals surface area (Å²) >= 11 is 8.16. The van der Waals surface area contributed by atoms with Gasteiger partial charge < -0.3 is 5.73 Å². The van der Waals surface area contributed by atoms with Gasteiger partial charge in [0.05, 0.1) is 0 Å². The van der Waals surface area contributed by atoms with Crippen molar-refractivity contribution in [3.05, 3.63) is 41.5 Å². The summed E-state index contributed by atoms with van der Waals surface area (Å²) in [6.07, 6.45) is 4.08. The molecule has 1 nitrogen and oxygen atoms in total. The Morgan fingerprint density at radius 2 is 2.00 bits per heavy atom. The number of hydrogen-bond donors (Lipinski definition) is 1. The van der Waals surface area contributed by atoms with Gasteiger partial charge in [-0.3, -0.25) is 0 Å². The highest BCUT2D eigenvalue weighted by atomic mass is 79.9. The Balaban J connectivity index is 2.81. The SMILES string of the molecule is NC(=S)c1ccc(C=CCBr)cc1. The summed E-state index contributed by atoms with van der Waals surface area (Å²) in [5.74, 6) is 0. The minimum atomic E-state index is 0.441. The van der Waals surface area contributed by atoms with E-state index in [9.17, 15) is 0 Å². The second kappa shape index (κ2) is 5.14. The van der Waals surface area contributed by atoms with Crippen LogP contribution in [0, 0.1) is 0 Å². The summed E-state index contributed by atoms with van der Waals surface area (Å²) in [7, 11) is 0. The predicted octanol–water partition coefficient (Wildman–Crippen LogP) is 2.73. The van der Waals surface area contributed by atoms with Gasteiger partial charge in [-0.05, 0) is 5.56 Å². The average molecular weight is 256 g/mol. The quantitative estimate of drug-likeness (QED) is 0.664. The van der Waals surface area contributed by atoms with Gasteiger partial charge >= 0.3 is 0 Å². The van der Waals surface area contributed by atoms with Crippen molar-refractivity contribution in [2.45, 2.75) is 0 Å². The summed E-state index contributed by atoms with van der Waals surface area (Å²) in [4.78, 5) is 0.441. The molecule has 0 saturated heterocycles. The number of halogens is 1. The molecule has 0 saturated carbocycles. The third-order valence-electron chi connectivity index (χ3n) is 1.59. The third kappa shape index (κ3) is 3.28. The molecule has 0 bridgehead atoms. The van der Waals surface area contributed by atoms with Crippen molar-refractivity contribution in [1.29, 1.82) is 0 Å². The molecule has 0 fully saturated rings. The maximum absolute atomic E-state index is 5.47. The van der Waals surface area contributed by atoms with Crippen molar-refractivity contribution < 1.29 is 0 Å². The first-order chi connectivity index (χ1) is 6.24. The van der Waals surface area contributed by atoms with Crippen LogP contribution in [0.2, 0.25) is 0 Å². The van der Waals surface area contributed by atoms with Gasteiger partial charge in [-0.25, -0.2) is 0 Å². The first kappa shape index (κ1) is 10.4. The standard InChI is InChI=1S/C10H10BrNS/c11-7-1-2-8-3-5-9(6-4-8)10(12)13/h1-6H,7H2,(H2,12,13). The topological polar surface area (TPSA) is 26.0 Å². The Kier molecular flexibility index (Phi) is 4.12. The van der Waals surface area contributed by atoms with Crippen molar-refractivity contribution in [2.24, 2.45) is 5.73 Å². The molecule has 0 aliphatic carbocycles. The van der Waals surface area contributed by atoms with E-state index in [4.69, 9.17) is 18.0 Å². The van der Waals surface area contributed by atoms with Gasteiger partial charge in [-0.15, -0.1) is 0 Å². The molecule has 0 spiro atoms. The lowest BCUT2D eigenvalue weighted by molar-refractivity contribution is 1.59. The van der Waals surface area contributed by atoms with Gasteiger partial charge in [-0.1, -0.05) is 64.6 Å². The van der Waals surface area contributed by atoms with Crippen molar-refractivity contribution in [1.82, 2.24) is 0 Å². The van der Waals surface area contributed by atoms with Crippen LogP contribution < -0.4 is 5.73 Å². The molecule has 1 aromatic carbocycles. The van der Waals surface area contributed by atoms with Crippen molar-refractivity contribution in [2.75, 3.05) is 5.33 Å². The lowest BCUT2D eigenvalue weighted by Crippen LogP contribution is -2.08. The van der Waals surface area contributed by atoms with E-state index in [0.717, 1.165) is 16.5 Å². The first-order valence-corrected chi connectivity index (χ1v) is 5.39. The summed E-state index contributed by atoms with van der Waals surface area (Å²) in [5, 5.41) is 0.865. The van der Waals surface area contributed by atoms with Crippen molar-refractivity contribution >= 4 is 39.2 Å². The molecule has 68 valence electrons. The summed E-state index contributed by atoms with van der Waals surface area (Å²) in [6.45, 7) is 0. The number of thiocarbonyl (C=S) groups is 1. The zero-order valence-corrected chi connectivity index (χ0v) is 9.44. The van der Waals surface area contributed by atoms with E-state index in [0.29, 0.717) is 4.99 Å². The number of alkyl halides is 1. The van der Waals surface area contributed by atoms with Crippen molar-refractivity contribution in [3.63, 3.8) is 0 Å². The van der Waals surface area contributed by atoms with Crippen LogP contribution in [0.15, 0.2) is 30.3 Å². The number of benzene rings is 1. The van der Waals surface area contributed by atoms with Crippen LogP contribution in [-0.2, 0) is 0 Å². The van der Waals surface area contributed by atoms with Crippen molar-refractivity contribution in [3.8, 4) is 0 Å². The maximum atomic E-state index is 5.47. The van der Waals surface area contributed by atoms with E-state index in [-0.39, 0.29) is 0 Å². The highest BCUT2D eigenvalue weighted by Gasteiger charge is 1.93. The molecule has 0 aromatic heterocycles. The van der Waals surface area contributed by atoms with Gasteiger partial charge in [0, 0.05) is 10.9 Å². The molecule has 0 aliphatic heterocycles. The van der Waals surface area contributed by atoms with Crippen LogP contribution in [0.3, 0.4) is 0 Å². The maximum Gasteiger partial charge on any atom is 0.103 e. The molecular weight excluding hydrogens is 246 g/mol. The fourth-order valence-electron chi connectivity index (χ4n) is 0.939. The molecule has 0 unspecified atom stereocenters. The fourth-order valence-corrected chi connectivity index (χ4v) is 1.26. The molecule has 1 aromatic rings. The Morgan fingerprint density at radius 1 is 1.38 bits per heavy atom. The highest BCUT2D eigenvalue weighted by molar-refractivity contribution is 9.09. The normalized spacial score (nSPS) is 10.5. The van der Waals surface area contributed by atoms with E-state index in [1.807, 2.05) is 36.4 Å². The lowest BCUT2D eigenvalue weighted by atomic mass is 10.1. The van der Waals surface area contributed by atoms with Gasteiger partial charge in [0.2, 0.25) is 0 Å². The minimum absolute atomic E-state index is 0.441. The third-order valence-corrected chi connectivity index (χ3v) is 2.20. The van der Waals surface area contributed by atoms with Gasteiger partial charge in [-0.2, -0.15) is 0 Å². The second-order valence-corrected chi connectivity index (χ2v) is 3.63. The van der Waals surface area contributed by atoms with E-state index in [1.54, 1.807) is 0 Å². The van der Waals surface area contributed by atoms with E-state index in [2.05, 4.69) is 15.9 Å². The van der Waals surface area contributed by atoms with Gasteiger partial charge in [0.25, 0.3) is 0 Å². The van der Waals surface area contributed by atoms with E-state index < -0.39 is 0 Å². The second-order valence-electron chi connectivity index (χ2n) is 2.54. The highest BCUT2D eigenvalue weighted by Crippen LogP contribution is 2.06. The molecule has 0 amide bonds. The zero-order valence-electron chi connectivity index (χ0n) is 7.03. The Labute approximate surface area is 91.8 Å². The molecule has 0 aliphatic rings. The van der Waals surface area contributed by atoms with Crippen LogP contribution in [0.1, 0.15) is 11.1 Å². The molecule has 1 rings (SSSR count). The van der Waals surface area contributed by atoms with E-state index >= 15 is 0 Å². The smallest absolute Gasteiger partial charge is 0.103 e. The van der Waals surface area contributed by atoms with Crippen LogP contribution in [-0.4, -0.2) is 10.3 Å². The monoisotopic (exact) mass is 255 g/mol. The van der Waals surface area contributed by atoms with E-state index in [1.165, 1.54) is 0 Å². The Bertz CT molecular complexity index is 316. The number of hydrogen-bond acceptors (Lipinski definition) is 1. The molecule has 0 heterocycles. The summed E-state index contributed by atoms with van der Waals surface area (Å²) in [6, 6.07) is 7.84. The van der Waals surface area contributed by atoms with Crippen LogP contribution in [0.25, 0.3) is 6.08 Å². The molecule has 2 N–H and O–H groups in total. The largest absolute Gasteiger partial charge is 0.389 e. The summed E-state index contributed by atoms with van der Waals surface area (Å²) < 4.78 is 0.